The molecule has 1 heterocycles. The first-order valence-electron chi connectivity index (χ1n) is 6.22. The number of carbonyl (C=O) groups excluding carboxylic acids is 1. The van der Waals surface area contributed by atoms with Crippen molar-refractivity contribution in [2.24, 2.45) is 5.92 Å². The van der Waals surface area contributed by atoms with Crippen LogP contribution in [0, 0.1) is 5.92 Å². The Morgan fingerprint density at radius 1 is 1.32 bits per heavy atom. The highest BCUT2D eigenvalue weighted by Crippen LogP contribution is 2.21. The Balaban J connectivity index is 1.96. The summed E-state index contributed by atoms with van der Waals surface area (Å²) in [6, 6.07) is 11.0. The summed E-state index contributed by atoms with van der Waals surface area (Å²) in [6.45, 7) is 4.68. The Morgan fingerprint density at radius 2 is 2.05 bits per heavy atom. The first-order chi connectivity index (χ1) is 9.15. The third-order valence-corrected chi connectivity index (χ3v) is 2.48. The maximum Gasteiger partial charge on any atom is 0.320 e. The monoisotopic (exact) mass is 259 g/mol. The lowest BCUT2D eigenvalue weighted by atomic mass is 10.2. The van der Waals surface area contributed by atoms with Crippen molar-refractivity contribution in [2.45, 2.75) is 13.8 Å². The van der Waals surface area contributed by atoms with Gasteiger partial charge >= 0.3 is 6.03 Å². The minimum absolute atomic E-state index is 0.276. The van der Waals surface area contributed by atoms with E-state index in [0.29, 0.717) is 24.0 Å². The van der Waals surface area contributed by atoms with Gasteiger partial charge in [-0.3, -0.25) is 5.32 Å². The molecule has 0 aliphatic carbocycles. The van der Waals surface area contributed by atoms with E-state index in [1.54, 1.807) is 6.07 Å². The number of urea groups is 1. The molecule has 0 saturated heterocycles. The van der Waals surface area contributed by atoms with Gasteiger partial charge in [0.05, 0.1) is 0 Å². The third-order valence-electron chi connectivity index (χ3n) is 2.48. The zero-order valence-corrected chi connectivity index (χ0v) is 11.0. The zero-order valence-electron chi connectivity index (χ0n) is 11.0. The van der Waals surface area contributed by atoms with Crippen molar-refractivity contribution in [1.82, 2.24) is 10.5 Å². The van der Waals surface area contributed by atoms with E-state index < -0.39 is 0 Å². The smallest absolute Gasteiger partial charge is 0.320 e. The van der Waals surface area contributed by atoms with E-state index in [9.17, 15) is 4.79 Å². The van der Waals surface area contributed by atoms with Crippen molar-refractivity contribution in [2.75, 3.05) is 11.9 Å². The summed E-state index contributed by atoms with van der Waals surface area (Å²) in [4.78, 5) is 11.6. The molecule has 0 radical (unpaired) electrons. The van der Waals surface area contributed by atoms with Crippen LogP contribution in [0.2, 0.25) is 0 Å². The Kier molecular flexibility index (Phi) is 4.18. The van der Waals surface area contributed by atoms with Crippen LogP contribution in [0.4, 0.5) is 10.6 Å². The van der Waals surface area contributed by atoms with E-state index >= 15 is 0 Å². The lowest BCUT2D eigenvalue weighted by Crippen LogP contribution is -2.31. The number of rotatable bonds is 4. The molecular formula is C14H17N3O2. The lowest BCUT2D eigenvalue weighted by Gasteiger charge is -2.06. The van der Waals surface area contributed by atoms with Crippen molar-refractivity contribution in [1.29, 1.82) is 0 Å². The molecule has 0 saturated carbocycles. The molecule has 5 nitrogen and oxygen atoms in total. The number of benzene rings is 1. The van der Waals surface area contributed by atoms with Gasteiger partial charge in [-0.15, -0.1) is 0 Å². The number of amides is 2. The van der Waals surface area contributed by atoms with Gasteiger partial charge in [0.25, 0.3) is 0 Å². The third kappa shape index (κ3) is 3.84. The van der Waals surface area contributed by atoms with E-state index in [4.69, 9.17) is 4.52 Å². The van der Waals surface area contributed by atoms with Gasteiger partial charge in [-0.1, -0.05) is 49.3 Å². The lowest BCUT2D eigenvalue weighted by molar-refractivity contribution is 0.250. The molecule has 19 heavy (non-hydrogen) atoms. The molecule has 0 bridgehead atoms. The van der Waals surface area contributed by atoms with E-state index in [2.05, 4.69) is 15.8 Å². The van der Waals surface area contributed by atoms with Gasteiger partial charge in [-0.05, 0) is 5.92 Å². The van der Waals surface area contributed by atoms with Crippen molar-refractivity contribution in [3.8, 4) is 11.3 Å². The number of nitrogens with zero attached hydrogens (tertiary/aromatic N) is 1. The maximum atomic E-state index is 11.6. The average molecular weight is 259 g/mol. The number of carbonyl (C=O) groups is 1. The topological polar surface area (TPSA) is 67.2 Å². The van der Waals surface area contributed by atoms with Crippen molar-refractivity contribution in [3.63, 3.8) is 0 Å². The summed E-state index contributed by atoms with van der Waals surface area (Å²) < 4.78 is 5.18. The normalized spacial score (nSPS) is 10.5. The maximum absolute atomic E-state index is 11.6. The number of hydrogen-bond acceptors (Lipinski definition) is 3. The molecule has 2 rings (SSSR count). The molecule has 100 valence electrons. The first kappa shape index (κ1) is 13.1. The Bertz CT molecular complexity index is 535. The minimum Gasteiger partial charge on any atom is -0.354 e. The molecule has 1 aromatic heterocycles. The van der Waals surface area contributed by atoms with Crippen LogP contribution in [0.3, 0.4) is 0 Å². The van der Waals surface area contributed by atoms with Crippen LogP contribution in [-0.4, -0.2) is 17.7 Å². The number of aromatic nitrogens is 1. The quantitative estimate of drug-likeness (QED) is 0.886. The molecule has 0 fully saturated rings. The predicted molar refractivity (Wildman–Crippen MR) is 73.8 cm³/mol. The van der Waals surface area contributed by atoms with Crippen molar-refractivity contribution >= 4 is 11.8 Å². The molecular weight excluding hydrogens is 242 g/mol. The summed E-state index contributed by atoms with van der Waals surface area (Å²) in [5, 5.41) is 9.19. The van der Waals surface area contributed by atoms with Gasteiger partial charge in [0, 0.05) is 18.2 Å². The van der Waals surface area contributed by atoms with E-state index in [-0.39, 0.29) is 6.03 Å². The minimum atomic E-state index is -0.276. The van der Waals surface area contributed by atoms with Gasteiger partial charge in [0.2, 0.25) is 0 Å². The van der Waals surface area contributed by atoms with Gasteiger partial charge in [0.1, 0.15) is 0 Å². The predicted octanol–water partition coefficient (Wildman–Crippen LogP) is 3.12. The molecule has 1 aromatic carbocycles. The van der Waals surface area contributed by atoms with E-state index in [1.807, 2.05) is 44.2 Å². The molecule has 2 N–H and O–H groups in total. The molecule has 5 heteroatoms. The zero-order chi connectivity index (χ0) is 13.7. The van der Waals surface area contributed by atoms with Crippen LogP contribution in [-0.2, 0) is 0 Å². The number of hydrogen-bond donors (Lipinski definition) is 2. The fourth-order valence-electron chi connectivity index (χ4n) is 1.53. The largest absolute Gasteiger partial charge is 0.354 e. The second kappa shape index (κ2) is 6.04. The second-order valence-corrected chi connectivity index (χ2v) is 4.67. The van der Waals surface area contributed by atoms with Crippen LogP contribution in [0.5, 0.6) is 0 Å². The highest BCUT2D eigenvalue weighted by atomic mass is 16.5. The van der Waals surface area contributed by atoms with Crippen LogP contribution in [0.25, 0.3) is 11.3 Å². The molecule has 0 aliphatic heterocycles. The number of anilines is 1. The Hall–Kier alpha value is -2.30. The fraction of sp³-hybridized carbons (Fsp3) is 0.286. The molecule has 2 aromatic rings. The average Bonchev–Trinajstić information content (AvgIpc) is 2.86. The van der Waals surface area contributed by atoms with Crippen LogP contribution >= 0.6 is 0 Å². The highest BCUT2D eigenvalue weighted by molar-refractivity contribution is 5.88. The van der Waals surface area contributed by atoms with Gasteiger partial charge in [0.15, 0.2) is 11.6 Å². The number of nitrogens with one attached hydrogen (secondary N) is 2. The van der Waals surface area contributed by atoms with Gasteiger partial charge < -0.3 is 9.84 Å². The van der Waals surface area contributed by atoms with Crippen LogP contribution < -0.4 is 10.6 Å². The summed E-state index contributed by atoms with van der Waals surface area (Å²) in [5.74, 6) is 1.43. The second-order valence-electron chi connectivity index (χ2n) is 4.67. The standard InChI is InChI=1S/C14H17N3O2/c1-10(2)9-15-14(18)16-13-8-12(19-17-13)11-6-4-3-5-7-11/h3-8,10H,9H2,1-2H3,(H2,15,16,17,18). The molecule has 0 atom stereocenters. The summed E-state index contributed by atoms with van der Waals surface area (Å²) in [6.07, 6.45) is 0. The van der Waals surface area contributed by atoms with E-state index in [1.165, 1.54) is 0 Å². The van der Waals surface area contributed by atoms with Gasteiger partial charge in [-0.25, -0.2) is 4.79 Å². The molecule has 0 unspecified atom stereocenters. The van der Waals surface area contributed by atoms with Crippen molar-refractivity contribution < 1.29 is 9.32 Å². The van der Waals surface area contributed by atoms with E-state index in [0.717, 1.165) is 5.56 Å². The SMILES string of the molecule is CC(C)CNC(=O)Nc1cc(-c2ccccc2)on1. The molecule has 2 amide bonds. The Morgan fingerprint density at radius 3 is 2.74 bits per heavy atom. The fourth-order valence-corrected chi connectivity index (χ4v) is 1.53. The van der Waals surface area contributed by atoms with Gasteiger partial charge in [-0.2, -0.15) is 0 Å². The summed E-state index contributed by atoms with van der Waals surface area (Å²) in [5.41, 5.74) is 0.922. The summed E-state index contributed by atoms with van der Waals surface area (Å²) in [7, 11) is 0. The summed E-state index contributed by atoms with van der Waals surface area (Å²) >= 11 is 0. The highest BCUT2D eigenvalue weighted by Gasteiger charge is 2.09. The van der Waals surface area contributed by atoms with Crippen LogP contribution in [0.15, 0.2) is 40.9 Å². The van der Waals surface area contributed by atoms with Crippen molar-refractivity contribution in [3.05, 3.63) is 36.4 Å². The Labute approximate surface area is 112 Å². The van der Waals surface area contributed by atoms with Crippen LogP contribution in [0.1, 0.15) is 13.8 Å². The first-order valence-corrected chi connectivity index (χ1v) is 6.22. The molecule has 0 spiro atoms. The molecule has 0 aliphatic rings.